The van der Waals surface area contributed by atoms with Crippen LogP contribution < -0.4 is 10.2 Å². The Morgan fingerprint density at radius 3 is 3.00 bits per heavy atom. The molecule has 0 spiro atoms. The molecule has 22 heavy (non-hydrogen) atoms. The Bertz CT molecular complexity index is 487. The predicted octanol–water partition coefficient (Wildman–Crippen LogP) is 3.63. The Balaban J connectivity index is 2.04. The minimum absolute atomic E-state index is 0.0624. The minimum atomic E-state index is -0.0624. The van der Waals surface area contributed by atoms with Crippen LogP contribution in [0.5, 0.6) is 0 Å². The van der Waals surface area contributed by atoms with Crippen molar-refractivity contribution in [1.29, 1.82) is 0 Å². The van der Waals surface area contributed by atoms with Crippen molar-refractivity contribution in [2.75, 3.05) is 18.0 Å². The Morgan fingerprint density at radius 1 is 1.45 bits per heavy atom. The van der Waals surface area contributed by atoms with Gasteiger partial charge in [0.15, 0.2) is 0 Å². The van der Waals surface area contributed by atoms with Gasteiger partial charge in [0.05, 0.1) is 0 Å². The third-order valence-corrected chi connectivity index (χ3v) is 4.41. The topological polar surface area (TPSA) is 45.2 Å². The molecule has 0 saturated carbocycles. The van der Waals surface area contributed by atoms with Gasteiger partial charge in [-0.15, -0.1) is 0 Å². The smallest absolute Gasteiger partial charge is 0.269 e. The SMILES string of the molecule is CCC1CCCCN1c1ccnc(C(=O)NCCC(C)C)c1. The standard InChI is InChI=1S/C18H29N3O/c1-4-15-7-5-6-12-21(15)16-9-11-19-17(13-16)18(22)20-10-8-14(2)3/h9,11,13-15H,4-8,10,12H2,1-3H3,(H,20,22). The molecule has 1 aliphatic heterocycles. The van der Waals surface area contributed by atoms with Gasteiger partial charge in [-0.1, -0.05) is 20.8 Å². The van der Waals surface area contributed by atoms with Crippen LogP contribution in [0.2, 0.25) is 0 Å². The molecule has 0 aliphatic carbocycles. The Kier molecular flexibility index (Phi) is 6.22. The van der Waals surface area contributed by atoms with E-state index in [9.17, 15) is 4.79 Å². The fourth-order valence-electron chi connectivity index (χ4n) is 3.05. The van der Waals surface area contributed by atoms with E-state index < -0.39 is 0 Å². The van der Waals surface area contributed by atoms with Crippen molar-refractivity contribution in [3.8, 4) is 0 Å². The second-order valence-corrected chi connectivity index (χ2v) is 6.59. The highest BCUT2D eigenvalue weighted by Gasteiger charge is 2.21. The van der Waals surface area contributed by atoms with Gasteiger partial charge in [0.25, 0.3) is 5.91 Å². The highest BCUT2D eigenvalue weighted by Crippen LogP contribution is 2.26. The largest absolute Gasteiger partial charge is 0.368 e. The third kappa shape index (κ3) is 4.46. The van der Waals surface area contributed by atoms with Gasteiger partial charge in [-0.25, -0.2) is 0 Å². The van der Waals surface area contributed by atoms with Gasteiger partial charge in [-0.05, 0) is 50.2 Å². The zero-order chi connectivity index (χ0) is 15.9. The molecule has 4 nitrogen and oxygen atoms in total. The number of anilines is 1. The monoisotopic (exact) mass is 303 g/mol. The highest BCUT2D eigenvalue weighted by molar-refractivity contribution is 5.93. The molecule has 0 bridgehead atoms. The van der Waals surface area contributed by atoms with Crippen LogP contribution in [0.15, 0.2) is 18.3 Å². The van der Waals surface area contributed by atoms with Crippen molar-refractivity contribution in [2.24, 2.45) is 5.92 Å². The molecule has 2 rings (SSSR count). The molecule has 122 valence electrons. The number of hydrogen-bond donors (Lipinski definition) is 1. The van der Waals surface area contributed by atoms with Crippen molar-refractivity contribution in [2.45, 2.75) is 58.9 Å². The van der Waals surface area contributed by atoms with Gasteiger partial charge in [0.2, 0.25) is 0 Å². The van der Waals surface area contributed by atoms with E-state index in [4.69, 9.17) is 0 Å². The molecule has 1 aliphatic rings. The van der Waals surface area contributed by atoms with Crippen LogP contribution in [0.4, 0.5) is 5.69 Å². The molecule has 1 aromatic rings. The summed E-state index contributed by atoms with van der Waals surface area (Å²) in [7, 11) is 0. The fourth-order valence-corrected chi connectivity index (χ4v) is 3.05. The van der Waals surface area contributed by atoms with Crippen LogP contribution in [0.3, 0.4) is 0 Å². The van der Waals surface area contributed by atoms with Crippen molar-refractivity contribution < 1.29 is 4.79 Å². The third-order valence-electron chi connectivity index (χ3n) is 4.41. The average Bonchev–Trinajstić information content (AvgIpc) is 2.54. The van der Waals surface area contributed by atoms with Gasteiger partial charge < -0.3 is 10.2 Å². The molecule has 0 radical (unpaired) electrons. The van der Waals surface area contributed by atoms with E-state index in [1.54, 1.807) is 6.20 Å². The molecular formula is C18H29N3O. The van der Waals surface area contributed by atoms with Gasteiger partial charge in [-0.3, -0.25) is 9.78 Å². The first-order valence-electron chi connectivity index (χ1n) is 8.62. The van der Waals surface area contributed by atoms with Gasteiger partial charge in [0.1, 0.15) is 5.69 Å². The van der Waals surface area contributed by atoms with Crippen LogP contribution >= 0.6 is 0 Å². The molecule has 1 unspecified atom stereocenters. The van der Waals surface area contributed by atoms with Gasteiger partial charge in [0, 0.05) is 31.0 Å². The predicted molar refractivity (Wildman–Crippen MR) is 91.3 cm³/mol. The summed E-state index contributed by atoms with van der Waals surface area (Å²) in [5, 5.41) is 2.97. The highest BCUT2D eigenvalue weighted by atomic mass is 16.1. The molecular weight excluding hydrogens is 274 g/mol. The summed E-state index contributed by atoms with van der Waals surface area (Å²) in [5.74, 6) is 0.533. The number of hydrogen-bond acceptors (Lipinski definition) is 3. The Labute approximate surface area is 134 Å². The van der Waals surface area contributed by atoms with Gasteiger partial charge >= 0.3 is 0 Å². The molecule has 4 heteroatoms. The normalized spacial score (nSPS) is 18.5. The zero-order valence-corrected chi connectivity index (χ0v) is 14.1. The number of piperidine rings is 1. The molecule has 1 N–H and O–H groups in total. The van der Waals surface area contributed by atoms with E-state index in [1.165, 1.54) is 19.3 Å². The minimum Gasteiger partial charge on any atom is -0.368 e. The van der Waals surface area contributed by atoms with Crippen molar-refractivity contribution in [3.63, 3.8) is 0 Å². The summed E-state index contributed by atoms with van der Waals surface area (Å²) in [5.41, 5.74) is 1.66. The van der Waals surface area contributed by atoms with Crippen LogP contribution in [-0.2, 0) is 0 Å². The van der Waals surface area contributed by atoms with Crippen LogP contribution in [0.1, 0.15) is 63.4 Å². The second-order valence-electron chi connectivity index (χ2n) is 6.59. The van der Waals surface area contributed by atoms with Crippen LogP contribution in [-0.4, -0.2) is 30.0 Å². The summed E-state index contributed by atoms with van der Waals surface area (Å²) in [6.07, 6.45) is 7.69. The number of amides is 1. The lowest BCUT2D eigenvalue weighted by Gasteiger charge is -2.37. The van der Waals surface area contributed by atoms with Gasteiger partial charge in [-0.2, -0.15) is 0 Å². The Hall–Kier alpha value is -1.58. The molecule has 1 amide bonds. The van der Waals surface area contributed by atoms with E-state index in [1.807, 2.05) is 12.1 Å². The maximum absolute atomic E-state index is 12.2. The van der Waals surface area contributed by atoms with Crippen molar-refractivity contribution >= 4 is 11.6 Å². The average molecular weight is 303 g/mol. The quantitative estimate of drug-likeness (QED) is 0.873. The summed E-state index contributed by atoms with van der Waals surface area (Å²) < 4.78 is 0. The first-order valence-corrected chi connectivity index (χ1v) is 8.62. The van der Waals surface area contributed by atoms with E-state index in [-0.39, 0.29) is 5.91 Å². The number of nitrogens with zero attached hydrogens (tertiary/aromatic N) is 2. The number of nitrogens with one attached hydrogen (secondary N) is 1. The van der Waals surface area contributed by atoms with Crippen LogP contribution in [0, 0.1) is 5.92 Å². The number of rotatable bonds is 6. The summed E-state index contributed by atoms with van der Waals surface area (Å²) in [4.78, 5) is 18.9. The lowest BCUT2D eigenvalue weighted by Crippen LogP contribution is -2.39. The second kappa shape index (κ2) is 8.16. The fraction of sp³-hybridized carbons (Fsp3) is 0.667. The van der Waals surface area contributed by atoms with Crippen molar-refractivity contribution in [3.05, 3.63) is 24.0 Å². The van der Waals surface area contributed by atoms with E-state index in [0.29, 0.717) is 24.2 Å². The maximum atomic E-state index is 12.2. The van der Waals surface area contributed by atoms with E-state index in [2.05, 4.69) is 36.0 Å². The number of carbonyl (C=O) groups is 1. The van der Waals surface area contributed by atoms with Crippen molar-refractivity contribution in [1.82, 2.24) is 10.3 Å². The number of pyridine rings is 1. The molecule has 2 heterocycles. The molecule has 1 saturated heterocycles. The number of carbonyl (C=O) groups excluding carboxylic acids is 1. The van der Waals surface area contributed by atoms with Crippen LogP contribution in [0.25, 0.3) is 0 Å². The molecule has 1 fully saturated rings. The summed E-state index contributed by atoms with van der Waals surface area (Å²) in [6, 6.07) is 4.56. The summed E-state index contributed by atoms with van der Waals surface area (Å²) >= 11 is 0. The first kappa shape index (κ1) is 16.8. The molecule has 1 atom stereocenters. The Morgan fingerprint density at radius 2 is 2.27 bits per heavy atom. The lowest BCUT2D eigenvalue weighted by molar-refractivity contribution is 0.0947. The first-order chi connectivity index (χ1) is 10.6. The van der Waals surface area contributed by atoms with E-state index in [0.717, 1.165) is 25.1 Å². The lowest BCUT2D eigenvalue weighted by atomic mass is 9.99. The zero-order valence-electron chi connectivity index (χ0n) is 14.1. The molecule has 0 aromatic carbocycles. The maximum Gasteiger partial charge on any atom is 0.269 e. The molecule has 1 aromatic heterocycles. The number of aromatic nitrogens is 1. The van der Waals surface area contributed by atoms with E-state index >= 15 is 0 Å². The summed E-state index contributed by atoms with van der Waals surface area (Å²) in [6.45, 7) is 8.35.